The first-order valence-corrected chi connectivity index (χ1v) is 8.58. The van der Waals surface area contributed by atoms with Crippen molar-refractivity contribution in [3.8, 4) is 5.75 Å². The molecule has 0 fully saturated rings. The molecule has 0 aliphatic rings. The zero-order valence-electron chi connectivity index (χ0n) is 14.7. The number of hydrogen-bond donors (Lipinski definition) is 2. The zero-order chi connectivity index (χ0) is 18.1. The van der Waals surface area contributed by atoms with Crippen LogP contribution in [0.3, 0.4) is 0 Å². The van der Waals surface area contributed by atoms with Gasteiger partial charge in [0.15, 0.2) is 17.1 Å². The standard InChI is InChI=1S/C21H20N2O3/c1-13(10-15-12-22-17-8-4-3-7-16(15)17)23-21(24)19-11-14-6-5-9-18(25-2)20(14)26-19/h3-9,11-13,22H,10H2,1-2H3,(H,23,24). The van der Waals surface area contributed by atoms with Gasteiger partial charge in [-0.2, -0.15) is 0 Å². The second kappa shape index (κ2) is 6.59. The van der Waals surface area contributed by atoms with Gasteiger partial charge >= 0.3 is 0 Å². The molecule has 0 radical (unpaired) electrons. The molecule has 2 aromatic carbocycles. The monoisotopic (exact) mass is 348 g/mol. The molecular formula is C21H20N2O3. The number of H-pyrrole nitrogens is 1. The largest absolute Gasteiger partial charge is 0.493 e. The summed E-state index contributed by atoms with van der Waals surface area (Å²) in [4.78, 5) is 15.8. The molecule has 4 rings (SSSR count). The number of methoxy groups -OCH3 is 1. The fraction of sp³-hybridized carbons (Fsp3) is 0.190. The van der Waals surface area contributed by atoms with E-state index < -0.39 is 0 Å². The van der Waals surface area contributed by atoms with Gasteiger partial charge < -0.3 is 19.5 Å². The number of nitrogens with one attached hydrogen (secondary N) is 2. The van der Waals surface area contributed by atoms with Crippen LogP contribution < -0.4 is 10.1 Å². The molecule has 132 valence electrons. The van der Waals surface area contributed by atoms with E-state index in [1.165, 1.54) is 10.9 Å². The van der Waals surface area contributed by atoms with Gasteiger partial charge in [-0.3, -0.25) is 4.79 Å². The molecule has 5 heteroatoms. The lowest BCUT2D eigenvalue weighted by molar-refractivity contribution is 0.0914. The molecule has 0 saturated heterocycles. The normalized spacial score (nSPS) is 12.4. The topological polar surface area (TPSA) is 67.3 Å². The Kier molecular flexibility index (Phi) is 4.13. The smallest absolute Gasteiger partial charge is 0.287 e. The number of hydrogen-bond acceptors (Lipinski definition) is 3. The summed E-state index contributed by atoms with van der Waals surface area (Å²) in [6.07, 6.45) is 2.73. The Labute approximate surface area is 151 Å². The van der Waals surface area contributed by atoms with Crippen LogP contribution in [0.25, 0.3) is 21.9 Å². The van der Waals surface area contributed by atoms with Crippen molar-refractivity contribution in [2.75, 3.05) is 7.11 Å². The number of fused-ring (bicyclic) bond motifs is 2. The number of ether oxygens (including phenoxy) is 1. The van der Waals surface area contributed by atoms with Crippen LogP contribution in [0.15, 0.2) is 59.1 Å². The third kappa shape index (κ3) is 2.92. The molecule has 0 spiro atoms. The number of amides is 1. The maximum Gasteiger partial charge on any atom is 0.287 e. The lowest BCUT2D eigenvalue weighted by Gasteiger charge is -2.12. The second-order valence-electron chi connectivity index (χ2n) is 6.43. The summed E-state index contributed by atoms with van der Waals surface area (Å²) in [5, 5.41) is 5.04. The molecule has 2 aromatic heterocycles. The Morgan fingerprint density at radius 1 is 1.23 bits per heavy atom. The third-order valence-corrected chi connectivity index (χ3v) is 4.53. The fourth-order valence-corrected chi connectivity index (χ4v) is 3.29. The summed E-state index contributed by atoms with van der Waals surface area (Å²) in [5.41, 5.74) is 2.87. The summed E-state index contributed by atoms with van der Waals surface area (Å²) >= 11 is 0. The highest BCUT2D eigenvalue weighted by atomic mass is 16.5. The van der Waals surface area contributed by atoms with Crippen molar-refractivity contribution in [2.45, 2.75) is 19.4 Å². The Morgan fingerprint density at radius 3 is 2.92 bits per heavy atom. The van der Waals surface area contributed by atoms with E-state index in [2.05, 4.69) is 16.4 Å². The SMILES string of the molecule is COc1cccc2cc(C(=O)NC(C)Cc3c[nH]c4ccccc34)oc12. The van der Waals surface area contributed by atoms with Gasteiger partial charge in [-0.05, 0) is 37.1 Å². The lowest BCUT2D eigenvalue weighted by atomic mass is 10.1. The van der Waals surface area contributed by atoms with Crippen molar-refractivity contribution < 1.29 is 13.9 Å². The molecule has 2 heterocycles. The predicted molar refractivity (Wildman–Crippen MR) is 102 cm³/mol. The Hall–Kier alpha value is -3.21. The van der Waals surface area contributed by atoms with Gasteiger partial charge in [0, 0.05) is 28.5 Å². The van der Waals surface area contributed by atoms with E-state index in [0.29, 0.717) is 11.3 Å². The van der Waals surface area contributed by atoms with Crippen LogP contribution in [0.2, 0.25) is 0 Å². The minimum absolute atomic E-state index is 0.0307. The van der Waals surface area contributed by atoms with Crippen molar-refractivity contribution in [3.63, 3.8) is 0 Å². The summed E-state index contributed by atoms with van der Waals surface area (Å²) in [6, 6.07) is 15.4. The van der Waals surface area contributed by atoms with Gasteiger partial charge in [-0.1, -0.05) is 30.3 Å². The molecule has 4 aromatic rings. The fourth-order valence-electron chi connectivity index (χ4n) is 3.29. The minimum Gasteiger partial charge on any atom is -0.493 e. The van der Waals surface area contributed by atoms with Gasteiger partial charge in [0.25, 0.3) is 5.91 Å². The van der Waals surface area contributed by atoms with Crippen LogP contribution in [0.4, 0.5) is 0 Å². The number of rotatable bonds is 5. The number of aromatic amines is 1. The van der Waals surface area contributed by atoms with E-state index in [9.17, 15) is 4.79 Å². The summed E-state index contributed by atoms with van der Waals surface area (Å²) in [7, 11) is 1.58. The zero-order valence-corrected chi connectivity index (χ0v) is 14.7. The van der Waals surface area contributed by atoms with Gasteiger partial charge in [-0.25, -0.2) is 0 Å². The first-order valence-electron chi connectivity index (χ1n) is 8.58. The van der Waals surface area contributed by atoms with E-state index >= 15 is 0 Å². The Balaban J connectivity index is 1.51. The van der Waals surface area contributed by atoms with E-state index in [1.54, 1.807) is 13.2 Å². The first kappa shape index (κ1) is 16.3. The molecular weight excluding hydrogens is 328 g/mol. The molecule has 0 bridgehead atoms. The summed E-state index contributed by atoms with van der Waals surface area (Å²) in [6.45, 7) is 1.99. The molecule has 1 unspecified atom stereocenters. The molecule has 1 amide bonds. The van der Waals surface area contributed by atoms with E-state index in [4.69, 9.17) is 9.15 Å². The average Bonchev–Trinajstić information content (AvgIpc) is 3.26. The quantitative estimate of drug-likeness (QED) is 0.565. The molecule has 0 saturated carbocycles. The third-order valence-electron chi connectivity index (χ3n) is 4.53. The highest BCUT2D eigenvalue weighted by Crippen LogP contribution is 2.28. The highest BCUT2D eigenvalue weighted by molar-refractivity contribution is 5.97. The molecule has 0 aliphatic heterocycles. The molecule has 1 atom stereocenters. The van der Waals surface area contributed by atoms with E-state index in [0.717, 1.165) is 17.3 Å². The second-order valence-corrected chi connectivity index (χ2v) is 6.43. The van der Waals surface area contributed by atoms with Crippen molar-refractivity contribution >= 4 is 27.8 Å². The number of para-hydroxylation sites is 2. The average molecular weight is 348 g/mol. The van der Waals surface area contributed by atoms with Crippen LogP contribution in [0, 0.1) is 0 Å². The van der Waals surface area contributed by atoms with Gasteiger partial charge in [0.05, 0.1) is 7.11 Å². The van der Waals surface area contributed by atoms with Crippen molar-refractivity contribution in [1.82, 2.24) is 10.3 Å². The molecule has 5 nitrogen and oxygen atoms in total. The van der Waals surface area contributed by atoms with E-state index in [-0.39, 0.29) is 17.7 Å². The predicted octanol–water partition coefficient (Wildman–Crippen LogP) is 4.28. The molecule has 26 heavy (non-hydrogen) atoms. The van der Waals surface area contributed by atoms with Crippen LogP contribution in [-0.4, -0.2) is 24.0 Å². The number of furan rings is 1. The Bertz CT molecular complexity index is 1080. The number of carbonyl (C=O) groups excluding carboxylic acids is 1. The summed E-state index contributed by atoms with van der Waals surface area (Å²) in [5.74, 6) is 0.680. The van der Waals surface area contributed by atoms with Crippen LogP contribution in [0.5, 0.6) is 5.75 Å². The molecule has 2 N–H and O–H groups in total. The number of aromatic nitrogens is 1. The van der Waals surface area contributed by atoms with Gasteiger partial charge in [0.1, 0.15) is 0 Å². The minimum atomic E-state index is -0.226. The van der Waals surface area contributed by atoms with Crippen molar-refractivity contribution in [2.24, 2.45) is 0 Å². The molecule has 0 aliphatic carbocycles. The van der Waals surface area contributed by atoms with Crippen LogP contribution in [0.1, 0.15) is 23.0 Å². The number of benzene rings is 2. The van der Waals surface area contributed by atoms with Crippen LogP contribution >= 0.6 is 0 Å². The van der Waals surface area contributed by atoms with Gasteiger partial charge in [-0.15, -0.1) is 0 Å². The lowest BCUT2D eigenvalue weighted by Crippen LogP contribution is -2.33. The van der Waals surface area contributed by atoms with Gasteiger partial charge in [0.2, 0.25) is 0 Å². The maximum atomic E-state index is 12.6. The van der Waals surface area contributed by atoms with Crippen molar-refractivity contribution in [3.05, 3.63) is 66.1 Å². The highest BCUT2D eigenvalue weighted by Gasteiger charge is 2.17. The maximum absolute atomic E-state index is 12.6. The van der Waals surface area contributed by atoms with Crippen LogP contribution in [-0.2, 0) is 6.42 Å². The number of carbonyl (C=O) groups is 1. The first-order chi connectivity index (χ1) is 12.7. The van der Waals surface area contributed by atoms with E-state index in [1.807, 2.05) is 49.5 Å². The van der Waals surface area contributed by atoms with Crippen molar-refractivity contribution in [1.29, 1.82) is 0 Å². The summed E-state index contributed by atoms with van der Waals surface area (Å²) < 4.78 is 11.0. The Morgan fingerprint density at radius 2 is 2.08 bits per heavy atom.